The molecule has 0 heterocycles. The largest absolute Gasteiger partial charge is 0.369 e. The molecule has 6 heteroatoms. The lowest BCUT2D eigenvalue weighted by molar-refractivity contribution is -0.115. The third-order valence-corrected chi connectivity index (χ3v) is 3.84. The van der Waals surface area contributed by atoms with E-state index in [0.29, 0.717) is 12.0 Å². The minimum absolute atomic E-state index is 0.0102. The number of ketones is 1. The summed E-state index contributed by atoms with van der Waals surface area (Å²) in [7, 11) is -3.69. The zero-order valence-electron chi connectivity index (χ0n) is 9.34. The van der Waals surface area contributed by atoms with Crippen LogP contribution >= 0.6 is 0 Å². The Labute approximate surface area is 99.5 Å². The van der Waals surface area contributed by atoms with Crippen molar-refractivity contribution in [2.75, 3.05) is 5.75 Å². The normalized spacial score (nSPS) is 11.1. The van der Waals surface area contributed by atoms with Gasteiger partial charge in [-0.05, 0) is 12.1 Å². The lowest BCUT2D eigenvalue weighted by Crippen LogP contribution is -2.23. The first-order chi connectivity index (χ1) is 7.86. The molecule has 0 saturated heterocycles. The van der Waals surface area contributed by atoms with E-state index in [1.165, 1.54) is 24.3 Å². The number of nitrogens with two attached hydrogens (primary N) is 1. The molecule has 0 aromatic heterocycles. The second-order valence-corrected chi connectivity index (χ2v) is 5.52. The lowest BCUT2D eigenvalue weighted by Gasteiger charge is -2.03. The quantitative estimate of drug-likeness (QED) is 0.777. The molecule has 0 atom stereocenters. The second-order valence-electron chi connectivity index (χ2n) is 3.53. The number of Topliss-reactive ketones (excluding diaryl/α,β-unsaturated/α-hetero) is 1. The fourth-order valence-electron chi connectivity index (χ4n) is 1.32. The van der Waals surface area contributed by atoms with Crippen molar-refractivity contribution in [3.8, 4) is 0 Å². The summed E-state index contributed by atoms with van der Waals surface area (Å²) in [5, 5.41) is 0. The average molecular weight is 255 g/mol. The van der Waals surface area contributed by atoms with E-state index >= 15 is 0 Å². The van der Waals surface area contributed by atoms with Gasteiger partial charge in [-0.3, -0.25) is 9.59 Å². The minimum Gasteiger partial charge on any atom is -0.369 e. The molecule has 0 aliphatic heterocycles. The molecule has 1 aromatic carbocycles. The molecule has 0 saturated carbocycles. The highest BCUT2D eigenvalue weighted by Gasteiger charge is 2.17. The Morgan fingerprint density at radius 2 is 1.71 bits per heavy atom. The van der Waals surface area contributed by atoms with E-state index in [1.54, 1.807) is 6.92 Å². The average Bonchev–Trinajstić information content (AvgIpc) is 2.26. The predicted octanol–water partition coefficient (Wildman–Crippen LogP) is 0.538. The SMILES string of the molecule is CCC(=O)c1ccc(S(=O)(=O)CC(N)=O)cc1. The Morgan fingerprint density at radius 1 is 1.18 bits per heavy atom. The number of benzene rings is 1. The van der Waals surface area contributed by atoms with E-state index in [4.69, 9.17) is 5.73 Å². The van der Waals surface area contributed by atoms with Gasteiger partial charge in [0.1, 0.15) is 5.75 Å². The highest BCUT2D eigenvalue weighted by atomic mass is 32.2. The Balaban J connectivity index is 3.03. The molecular formula is C11H13NO4S. The van der Waals surface area contributed by atoms with Crippen molar-refractivity contribution >= 4 is 21.5 Å². The van der Waals surface area contributed by atoms with E-state index in [-0.39, 0.29) is 10.7 Å². The van der Waals surface area contributed by atoms with Crippen molar-refractivity contribution in [2.45, 2.75) is 18.2 Å². The van der Waals surface area contributed by atoms with Gasteiger partial charge in [-0.2, -0.15) is 0 Å². The number of primary amides is 1. The molecule has 0 aliphatic rings. The summed E-state index contributed by atoms with van der Waals surface area (Å²) in [6.45, 7) is 1.72. The molecule has 5 nitrogen and oxygen atoms in total. The van der Waals surface area contributed by atoms with Crippen LogP contribution in [0, 0.1) is 0 Å². The van der Waals surface area contributed by atoms with Crippen molar-refractivity contribution in [1.29, 1.82) is 0 Å². The molecule has 1 aromatic rings. The van der Waals surface area contributed by atoms with Crippen molar-refractivity contribution in [1.82, 2.24) is 0 Å². The summed E-state index contributed by atoms with van der Waals surface area (Å²) >= 11 is 0. The molecule has 0 aliphatic carbocycles. The van der Waals surface area contributed by atoms with Crippen LogP contribution in [-0.4, -0.2) is 25.9 Å². The highest BCUT2D eigenvalue weighted by Crippen LogP contribution is 2.13. The molecule has 17 heavy (non-hydrogen) atoms. The number of carbonyl (C=O) groups is 2. The first-order valence-corrected chi connectivity index (χ1v) is 6.66. The maximum atomic E-state index is 11.6. The second kappa shape index (κ2) is 5.09. The van der Waals surface area contributed by atoms with Gasteiger partial charge in [0.05, 0.1) is 4.90 Å². The Bertz CT molecular complexity index is 531. The Hall–Kier alpha value is -1.69. The number of rotatable bonds is 5. The molecular weight excluding hydrogens is 242 g/mol. The number of carbonyl (C=O) groups excluding carboxylic acids is 2. The summed E-state index contributed by atoms with van der Waals surface area (Å²) in [5.41, 5.74) is 5.29. The van der Waals surface area contributed by atoms with Crippen LogP contribution < -0.4 is 5.73 Å². The van der Waals surface area contributed by atoms with Gasteiger partial charge in [0.25, 0.3) is 0 Å². The molecule has 0 radical (unpaired) electrons. The van der Waals surface area contributed by atoms with Crippen molar-refractivity contribution < 1.29 is 18.0 Å². The smallest absolute Gasteiger partial charge is 0.233 e. The van der Waals surface area contributed by atoms with Gasteiger partial charge < -0.3 is 5.73 Å². The molecule has 0 spiro atoms. The minimum atomic E-state index is -3.69. The van der Waals surface area contributed by atoms with E-state index in [1.807, 2.05) is 0 Å². The van der Waals surface area contributed by atoms with Gasteiger partial charge in [-0.1, -0.05) is 19.1 Å². The van der Waals surface area contributed by atoms with Crippen LogP contribution in [0.5, 0.6) is 0 Å². The standard InChI is InChI=1S/C11H13NO4S/c1-2-10(13)8-3-5-9(6-4-8)17(15,16)7-11(12)14/h3-6H,2,7H2,1H3,(H2,12,14). The number of sulfone groups is 1. The number of hydrogen-bond acceptors (Lipinski definition) is 4. The maximum absolute atomic E-state index is 11.6. The zero-order valence-corrected chi connectivity index (χ0v) is 10.2. The first kappa shape index (κ1) is 13.4. The van der Waals surface area contributed by atoms with E-state index in [0.717, 1.165) is 0 Å². The van der Waals surface area contributed by atoms with Crippen LogP contribution in [0.4, 0.5) is 0 Å². The third-order valence-electron chi connectivity index (χ3n) is 2.19. The van der Waals surface area contributed by atoms with Crippen LogP contribution in [0.3, 0.4) is 0 Å². The van der Waals surface area contributed by atoms with Gasteiger partial charge in [0, 0.05) is 12.0 Å². The molecule has 1 amide bonds. The van der Waals surface area contributed by atoms with Gasteiger partial charge >= 0.3 is 0 Å². The Kier molecular flexibility index (Phi) is 4.01. The fourth-order valence-corrected chi connectivity index (χ4v) is 2.41. The lowest BCUT2D eigenvalue weighted by atomic mass is 10.1. The molecule has 1 rings (SSSR count). The highest BCUT2D eigenvalue weighted by molar-refractivity contribution is 7.92. The summed E-state index contributed by atoms with van der Waals surface area (Å²) in [4.78, 5) is 21.9. The van der Waals surface area contributed by atoms with Crippen LogP contribution in [0.1, 0.15) is 23.7 Å². The van der Waals surface area contributed by atoms with Crippen LogP contribution in [0.15, 0.2) is 29.2 Å². The van der Waals surface area contributed by atoms with E-state index in [2.05, 4.69) is 0 Å². The zero-order chi connectivity index (χ0) is 13.1. The summed E-state index contributed by atoms with van der Waals surface area (Å²) < 4.78 is 23.2. The summed E-state index contributed by atoms with van der Waals surface area (Å²) in [6.07, 6.45) is 0.355. The van der Waals surface area contributed by atoms with Gasteiger partial charge in [0.15, 0.2) is 15.6 Å². The van der Waals surface area contributed by atoms with Crippen molar-refractivity contribution in [3.63, 3.8) is 0 Å². The molecule has 2 N–H and O–H groups in total. The summed E-state index contributed by atoms with van der Waals surface area (Å²) in [6, 6.07) is 5.47. The van der Waals surface area contributed by atoms with Crippen LogP contribution in [0.25, 0.3) is 0 Å². The molecule has 0 fully saturated rings. The predicted molar refractivity (Wildman–Crippen MR) is 62.3 cm³/mol. The number of hydrogen-bond donors (Lipinski definition) is 1. The summed E-state index contributed by atoms with van der Waals surface area (Å²) in [5.74, 6) is -1.70. The van der Waals surface area contributed by atoms with Gasteiger partial charge in [-0.25, -0.2) is 8.42 Å². The molecule has 92 valence electrons. The van der Waals surface area contributed by atoms with E-state index < -0.39 is 21.5 Å². The van der Waals surface area contributed by atoms with Gasteiger partial charge in [-0.15, -0.1) is 0 Å². The topological polar surface area (TPSA) is 94.3 Å². The maximum Gasteiger partial charge on any atom is 0.233 e. The Morgan fingerprint density at radius 3 is 2.12 bits per heavy atom. The van der Waals surface area contributed by atoms with E-state index in [9.17, 15) is 18.0 Å². The van der Waals surface area contributed by atoms with Crippen LogP contribution in [-0.2, 0) is 14.6 Å². The first-order valence-electron chi connectivity index (χ1n) is 5.01. The van der Waals surface area contributed by atoms with Crippen molar-refractivity contribution in [2.24, 2.45) is 5.73 Å². The molecule has 0 bridgehead atoms. The monoisotopic (exact) mass is 255 g/mol. The van der Waals surface area contributed by atoms with Crippen molar-refractivity contribution in [3.05, 3.63) is 29.8 Å². The van der Waals surface area contributed by atoms with Crippen LogP contribution in [0.2, 0.25) is 0 Å². The molecule has 0 unspecified atom stereocenters. The fraction of sp³-hybridized carbons (Fsp3) is 0.273. The van der Waals surface area contributed by atoms with Gasteiger partial charge in [0.2, 0.25) is 5.91 Å². The third kappa shape index (κ3) is 3.39. The number of amides is 1.